The molecule has 0 aromatic heterocycles. The first-order valence-corrected chi connectivity index (χ1v) is 14.0. The minimum absolute atomic E-state index is 0.0152. The Morgan fingerprint density at radius 1 is 0.763 bits per heavy atom. The Hall–Kier alpha value is -3.15. The minimum atomic E-state index is -0.298. The van der Waals surface area contributed by atoms with Crippen molar-refractivity contribution in [1.29, 1.82) is 0 Å². The van der Waals surface area contributed by atoms with E-state index >= 15 is 0 Å². The number of rotatable bonds is 9. The molecule has 1 unspecified atom stereocenters. The van der Waals surface area contributed by atoms with Gasteiger partial charge < -0.3 is 14.2 Å². The second kappa shape index (κ2) is 13.1. The molecule has 0 N–H and O–H groups in total. The molecule has 1 aliphatic carbocycles. The van der Waals surface area contributed by atoms with Crippen LogP contribution in [0, 0.1) is 0 Å². The van der Waals surface area contributed by atoms with Crippen molar-refractivity contribution < 1.29 is 19.0 Å². The molecule has 0 spiro atoms. The molecule has 3 aromatic carbocycles. The molecule has 3 atom stereocenters. The van der Waals surface area contributed by atoms with E-state index in [9.17, 15) is 4.79 Å². The van der Waals surface area contributed by atoms with Crippen molar-refractivity contribution in [3.8, 4) is 0 Å². The lowest BCUT2D eigenvalue weighted by molar-refractivity contribution is -0.0480. The molecule has 38 heavy (non-hydrogen) atoms. The lowest BCUT2D eigenvalue weighted by Gasteiger charge is -2.33. The summed E-state index contributed by atoms with van der Waals surface area (Å²) in [6.45, 7) is 3.32. The Kier molecular flexibility index (Phi) is 9.11. The van der Waals surface area contributed by atoms with E-state index in [1.165, 1.54) is 5.56 Å². The number of hydrogen-bond acceptors (Lipinski definition) is 4. The first-order valence-electron chi connectivity index (χ1n) is 14.0. The van der Waals surface area contributed by atoms with Crippen LogP contribution in [0.4, 0.5) is 4.79 Å². The maximum absolute atomic E-state index is 13.3. The fourth-order valence-corrected chi connectivity index (χ4v) is 5.89. The van der Waals surface area contributed by atoms with Crippen molar-refractivity contribution in [1.82, 2.24) is 4.90 Å². The Morgan fingerprint density at radius 3 is 1.97 bits per heavy atom. The van der Waals surface area contributed by atoms with E-state index in [1.54, 1.807) is 0 Å². The molecule has 1 amide bonds. The van der Waals surface area contributed by atoms with Gasteiger partial charge in [-0.1, -0.05) is 91.0 Å². The third kappa shape index (κ3) is 6.83. The highest BCUT2D eigenvalue weighted by atomic mass is 16.6. The SMILES string of the molecule is C[C@@H]1CC(OCc2ccccc2)[C@H](COC2CCC(c3ccccc3)CC2)N1C(=O)OCc1ccccc1. The summed E-state index contributed by atoms with van der Waals surface area (Å²) in [4.78, 5) is 15.2. The number of carbonyl (C=O) groups is 1. The minimum Gasteiger partial charge on any atom is -0.445 e. The van der Waals surface area contributed by atoms with E-state index < -0.39 is 0 Å². The maximum atomic E-state index is 13.3. The Bertz CT molecular complexity index is 1120. The van der Waals surface area contributed by atoms with Crippen LogP contribution in [0.5, 0.6) is 0 Å². The van der Waals surface area contributed by atoms with Gasteiger partial charge in [0.05, 0.1) is 31.5 Å². The predicted octanol–water partition coefficient (Wildman–Crippen LogP) is 7.11. The Labute approximate surface area is 226 Å². The molecular weight excluding hydrogens is 474 g/mol. The summed E-state index contributed by atoms with van der Waals surface area (Å²) in [5.74, 6) is 0.606. The molecule has 5 heteroatoms. The molecule has 5 rings (SSSR count). The smallest absolute Gasteiger partial charge is 0.410 e. The number of likely N-dealkylation sites (tertiary alicyclic amines) is 1. The Balaban J connectivity index is 1.21. The number of benzene rings is 3. The first-order chi connectivity index (χ1) is 18.7. The van der Waals surface area contributed by atoms with Gasteiger partial charge in [-0.3, -0.25) is 4.90 Å². The van der Waals surface area contributed by atoms with E-state index in [4.69, 9.17) is 14.2 Å². The van der Waals surface area contributed by atoms with Gasteiger partial charge in [-0.05, 0) is 61.6 Å². The zero-order valence-corrected chi connectivity index (χ0v) is 22.3. The fourth-order valence-electron chi connectivity index (χ4n) is 5.89. The molecule has 1 saturated heterocycles. The summed E-state index contributed by atoms with van der Waals surface area (Å²) in [7, 11) is 0. The number of carbonyl (C=O) groups excluding carboxylic acids is 1. The largest absolute Gasteiger partial charge is 0.445 e. The van der Waals surface area contributed by atoms with Gasteiger partial charge in [0.2, 0.25) is 0 Å². The van der Waals surface area contributed by atoms with E-state index in [2.05, 4.69) is 49.4 Å². The molecule has 200 valence electrons. The highest BCUT2D eigenvalue weighted by molar-refractivity contribution is 5.69. The van der Waals surface area contributed by atoms with Gasteiger partial charge in [0, 0.05) is 6.04 Å². The van der Waals surface area contributed by atoms with Crippen molar-refractivity contribution >= 4 is 6.09 Å². The summed E-state index contributed by atoms with van der Waals surface area (Å²) in [5, 5.41) is 0. The van der Waals surface area contributed by atoms with E-state index in [0.717, 1.165) is 43.2 Å². The highest BCUT2D eigenvalue weighted by Gasteiger charge is 2.44. The zero-order chi connectivity index (χ0) is 26.2. The van der Waals surface area contributed by atoms with Gasteiger partial charge in [0.1, 0.15) is 6.61 Å². The van der Waals surface area contributed by atoms with Gasteiger partial charge in [0.25, 0.3) is 0 Å². The molecule has 1 heterocycles. The van der Waals surface area contributed by atoms with Crippen LogP contribution < -0.4 is 0 Å². The van der Waals surface area contributed by atoms with Gasteiger partial charge in [-0.25, -0.2) is 4.79 Å². The van der Waals surface area contributed by atoms with Crippen LogP contribution >= 0.6 is 0 Å². The third-order valence-electron chi connectivity index (χ3n) is 8.01. The maximum Gasteiger partial charge on any atom is 0.410 e. The molecule has 2 fully saturated rings. The summed E-state index contributed by atoms with van der Waals surface area (Å²) >= 11 is 0. The van der Waals surface area contributed by atoms with E-state index in [0.29, 0.717) is 19.1 Å². The van der Waals surface area contributed by atoms with Gasteiger partial charge in [-0.2, -0.15) is 0 Å². The second-order valence-electron chi connectivity index (χ2n) is 10.7. The average molecular weight is 514 g/mol. The summed E-state index contributed by atoms with van der Waals surface area (Å²) in [5.41, 5.74) is 3.54. The van der Waals surface area contributed by atoms with Gasteiger partial charge in [-0.15, -0.1) is 0 Å². The summed E-state index contributed by atoms with van der Waals surface area (Å²) in [6, 6.07) is 30.7. The standard InChI is InChI=1S/C33H39NO4/c1-25-21-32(37-22-26-11-5-2-6-12-26)31(34(25)33(35)38-23-27-13-7-3-8-14-27)24-36-30-19-17-29(18-20-30)28-15-9-4-10-16-28/h2-16,25,29-32H,17-24H2,1H3/t25-,29?,30?,31+,32?/m1/s1. The van der Waals surface area contributed by atoms with Crippen LogP contribution in [0.1, 0.15) is 61.6 Å². The second-order valence-corrected chi connectivity index (χ2v) is 10.7. The molecule has 3 aromatic rings. The van der Waals surface area contributed by atoms with Crippen LogP contribution in [0.3, 0.4) is 0 Å². The number of ether oxygens (including phenoxy) is 3. The van der Waals surface area contributed by atoms with E-state index in [-0.39, 0.29) is 37.0 Å². The van der Waals surface area contributed by atoms with Crippen LogP contribution in [-0.2, 0) is 27.4 Å². The van der Waals surface area contributed by atoms with Crippen LogP contribution in [0.2, 0.25) is 0 Å². The van der Waals surface area contributed by atoms with E-state index in [1.807, 2.05) is 53.4 Å². The Morgan fingerprint density at radius 2 is 1.34 bits per heavy atom. The molecule has 0 radical (unpaired) electrons. The van der Waals surface area contributed by atoms with Crippen LogP contribution in [0.25, 0.3) is 0 Å². The van der Waals surface area contributed by atoms with Crippen LogP contribution in [-0.4, -0.2) is 41.9 Å². The van der Waals surface area contributed by atoms with Crippen molar-refractivity contribution in [2.75, 3.05) is 6.61 Å². The quantitative estimate of drug-likeness (QED) is 0.306. The van der Waals surface area contributed by atoms with Gasteiger partial charge in [0.15, 0.2) is 0 Å². The average Bonchev–Trinajstić information content (AvgIpc) is 3.30. The molecular formula is C33H39NO4. The van der Waals surface area contributed by atoms with Crippen molar-refractivity contribution in [3.63, 3.8) is 0 Å². The topological polar surface area (TPSA) is 48.0 Å². The predicted molar refractivity (Wildman–Crippen MR) is 149 cm³/mol. The van der Waals surface area contributed by atoms with Crippen molar-refractivity contribution in [3.05, 3.63) is 108 Å². The third-order valence-corrected chi connectivity index (χ3v) is 8.01. The number of amides is 1. The normalized spacial score (nSPS) is 25.3. The van der Waals surface area contributed by atoms with Gasteiger partial charge >= 0.3 is 6.09 Å². The molecule has 1 aliphatic heterocycles. The fraction of sp³-hybridized carbons (Fsp3) is 0.424. The first kappa shape index (κ1) is 26.5. The molecule has 5 nitrogen and oxygen atoms in total. The number of hydrogen-bond donors (Lipinski definition) is 0. The lowest BCUT2D eigenvalue weighted by Crippen LogP contribution is -2.46. The molecule has 1 saturated carbocycles. The van der Waals surface area contributed by atoms with Crippen molar-refractivity contribution in [2.45, 2.75) is 82.5 Å². The number of nitrogens with zero attached hydrogens (tertiary/aromatic N) is 1. The lowest BCUT2D eigenvalue weighted by atomic mass is 9.83. The monoisotopic (exact) mass is 513 g/mol. The molecule has 0 bridgehead atoms. The van der Waals surface area contributed by atoms with Crippen LogP contribution in [0.15, 0.2) is 91.0 Å². The molecule has 2 aliphatic rings. The highest BCUT2D eigenvalue weighted by Crippen LogP contribution is 2.35. The zero-order valence-electron chi connectivity index (χ0n) is 22.3. The van der Waals surface area contributed by atoms with Crippen molar-refractivity contribution in [2.24, 2.45) is 0 Å². The summed E-state index contributed by atoms with van der Waals surface area (Å²) in [6.07, 6.45) is 4.92. The summed E-state index contributed by atoms with van der Waals surface area (Å²) < 4.78 is 18.7.